The Morgan fingerprint density at radius 3 is 2.88 bits per heavy atom. The molecule has 7 nitrogen and oxygen atoms in total. The van der Waals surface area contributed by atoms with Crippen molar-refractivity contribution in [3.8, 4) is 0 Å². The molecular formula is C18H22N4O3S. The summed E-state index contributed by atoms with van der Waals surface area (Å²) in [6, 6.07) is 7.73. The van der Waals surface area contributed by atoms with Crippen LogP contribution in [-0.4, -0.2) is 41.6 Å². The Kier molecular flexibility index (Phi) is 5.85. The van der Waals surface area contributed by atoms with E-state index in [2.05, 4.69) is 20.5 Å². The van der Waals surface area contributed by atoms with Gasteiger partial charge < -0.3 is 10.1 Å². The second kappa shape index (κ2) is 8.29. The van der Waals surface area contributed by atoms with Gasteiger partial charge in [-0.3, -0.25) is 15.0 Å². The van der Waals surface area contributed by atoms with Crippen LogP contribution in [-0.2, 0) is 22.5 Å². The largest absolute Gasteiger partial charge is 0.450 e. The fraction of sp³-hybridized carbons (Fsp3) is 0.389. The van der Waals surface area contributed by atoms with Gasteiger partial charge in [0.25, 0.3) is 0 Å². The molecule has 0 unspecified atom stereocenters. The molecule has 0 aliphatic carbocycles. The summed E-state index contributed by atoms with van der Waals surface area (Å²) in [4.78, 5) is 31.4. The number of carbonyl (C=O) groups excluding carboxylic acids is 2. The molecule has 0 atom stereocenters. The topological polar surface area (TPSA) is 83.6 Å². The zero-order valence-corrected chi connectivity index (χ0v) is 15.7. The highest BCUT2D eigenvalue weighted by Crippen LogP contribution is 2.28. The average molecular weight is 374 g/mol. The number of carbonyl (C=O) groups is 2. The normalized spacial score (nSPS) is 13.8. The molecule has 0 spiro atoms. The molecule has 0 saturated carbocycles. The standard InChI is InChI=1S/C18H22N4O3S/c1-3-25-18(24)21-17-20-14-8-9-22(10-15(14)26-17)11-16(23)19-13-7-5-4-6-12(13)2/h4-7H,3,8-11H2,1-2H3,(H,19,23)(H,20,21,24). The number of thiazole rings is 1. The van der Waals surface area contributed by atoms with Crippen molar-refractivity contribution in [3.05, 3.63) is 40.4 Å². The van der Waals surface area contributed by atoms with Crippen molar-refractivity contribution in [2.45, 2.75) is 26.8 Å². The van der Waals surface area contributed by atoms with Gasteiger partial charge in [-0.25, -0.2) is 9.78 Å². The van der Waals surface area contributed by atoms with E-state index >= 15 is 0 Å². The maximum Gasteiger partial charge on any atom is 0.413 e. The van der Waals surface area contributed by atoms with Crippen LogP contribution in [0.2, 0.25) is 0 Å². The minimum absolute atomic E-state index is 0.0304. The lowest BCUT2D eigenvalue weighted by Gasteiger charge is -2.25. The number of benzene rings is 1. The third kappa shape index (κ3) is 4.59. The van der Waals surface area contributed by atoms with Gasteiger partial charge in [-0.05, 0) is 25.5 Å². The number of anilines is 2. The fourth-order valence-electron chi connectivity index (χ4n) is 2.80. The van der Waals surface area contributed by atoms with Crippen LogP contribution in [0.1, 0.15) is 23.1 Å². The van der Waals surface area contributed by atoms with Gasteiger partial charge in [0.05, 0.1) is 18.8 Å². The van der Waals surface area contributed by atoms with Crippen molar-refractivity contribution in [3.63, 3.8) is 0 Å². The monoisotopic (exact) mass is 374 g/mol. The summed E-state index contributed by atoms with van der Waals surface area (Å²) in [6.07, 6.45) is 0.265. The Morgan fingerprint density at radius 2 is 2.12 bits per heavy atom. The van der Waals surface area contributed by atoms with Crippen LogP contribution >= 0.6 is 11.3 Å². The van der Waals surface area contributed by atoms with E-state index in [0.29, 0.717) is 24.8 Å². The van der Waals surface area contributed by atoms with Crippen LogP contribution in [0.25, 0.3) is 0 Å². The molecule has 1 aliphatic rings. The van der Waals surface area contributed by atoms with E-state index < -0.39 is 6.09 Å². The quantitative estimate of drug-likeness (QED) is 0.840. The van der Waals surface area contributed by atoms with Crippen LogP contribution < -0.4 is 10.6 Å². The highest BCUT2D eigenvalue weighted by atomic mass is 32.1. The molecule has 138 valence electrons. The van der Waals surface area contributed by atoms with Gasteiger partial charge in [-0.2, -0.15) is 0 Å². The number of hydrogen-bond acceptors (Lipinski definition) is 6. The van der Waals surface area contributed by atoms with Crippen molar-refractivity contribution < 1.29 is 14.3 Å². The lowest BCUT2D eigenvalue weighted by Crippen LogP contribution is -2.36. The van der Waals surface area contributed by atoms with E-state index in [4.69, 9.17) is 4.74 Å². The summed E-state index contributed by atoms with van der Waals surface area (Å²) >= 11 is 1.43. The van der Waals surface area contributed by atoms with Crippen LogP contribution in [0.3, 0.4) is 0 Å². The molecular weight excluding hydrogens is 352 g/mol. The number of ether oxygens (including phenoxy) is 1. The number of nitrogens with one attached hydrogen (secondary N) is 2. The summed E-state index contributed by atoms with van der Waals surface area (Å²) in [7, 11) is 0. The van der Waals surface area contributed by atoms with E-state index in [9.17, 15) is 9.59 Å². The minimum atomic E-state index is -0.493. The Bertz CT molecular complexity index is 805. The summed E-state index contributed by atoms with van der Waals surface area (Å²) in [5.74, 6) is -0.0304. The van der Waals surface area contributed by atoms with Gasteiger partial charge in [-0.1, -0.05) is 29.5 Å². The van der Waals surface area contributed by atoms with Crippen LogP contribution in [0.15, 0.2) is 24.3 Å². The SMILES string of the molecule is CCOC(=O)Nc1nc2c(s1)CN(CC(=O)Nc1ccccc1C)CC2. The molecule has 1 aromatic carbocycles. The highest BCUT2D eigenvalue weighted by molar-refractivity contribution is 7.15. The molecule has 26 heavy (non-hydrogen) atoms. The lowest BCUT2D eigenvalue weighted by molar-refractivity contribution is -0.117. The second-order valence-corrected chi connectivity index (χ2v) is 7.14. The summed E-state index contributed by atoms with van der Waals surface area (Å²) < 4.78 is 4.87. The zero-order chi connectivity index (χ0) is 18.5. The molecule has 2 amide bonds. The van der Waals surface area contributed by atoms with Gasteiger partial charge in [0.15, 0.2) is 5.13 Å². The van der Waals surface area contributed by atoms with Crippen molar-refractivity contribution >= 4 is 34.2 Å². The molecule has 2 heterocycles. The third-order valence-corrected chi connectivity index (χ3v) is 5.08. The molecule has 3 rings (SSSR count). The Hall–Kier alpha value is -2.45. The average Bonchev–Trinajstić information content (AvgIpc) is 2.98. The number of hydrogen-bond donors (Lipinski definition) is 2. The first kappa shape index (κ1) is 18.3. The zero-order valence-electron chi connectivity index (χ0n) is 14.9. The van der Waals surface area contributed by atoms with E-state index in [1.54, 1.807) is 6.92 Å². The molecule has 1 aliphatic heterocycles. The molecule has 8 heteroatoms. The molecule has 0 bridgehead atoms. The predicted molar refractivity (Wildman–Crippen MR) is 102 cm³/mol. The van der Waals surface area contributed by atoms with Crippen molar-refractivity contribution in [1.82, 2.24) is 9.88 Å². The number of aryl methyl sites for hydroxylation is 1. The highest BCUT2D eigenvalue weighted by Gasteiger charge is 2.23. The van der Waals surface area contributed by atoms with Crippen molar-refractivity contribution in [2.75, 3.05) is 30.3 Å². The smallest absolute Gasteiger partial charge is 0.413 e. The van der Waals surface area contributed by atoms with Gasteiger partial charge in [-0.15, -0.1) is 0 Å². The number of para-hydroxylation sites is 1. The number of fused-ring (bicyclic) bond motifs is 1. The van der Waals surface area contributed by atoms with E-state index in [-0.39, 0.29) is 5.91 Å². The van der Waals surface area contributed by atoms with Crippen LogP contribution in [0.4, 0.5) is 15.6 Å². The van der Waals surface area contributed by atoms with Gasteiger partial charge in [0, 0.05) is 30.1 Å². The molecule has 2 N–H and O–H groups in total. The maximum atomic E-state index is 12.3. The molecule has 2 aromatic rings. The summed E-state index contributed by atoms with van der Waals surface area (Å²) in [5.41, 5.74) is 2.87. The first-order valence-corrected chi connectivity index (χ1v) is 9.37. The number of aromatic nitrogens is 1. The Morgan fingerprint density at radius 1 is 1.31 bits per heavy atom. The van der Waals surface area contributed by atoms with E-state index in [1.807, 2.05) is 31.2 Å². The molecule has 0 fully saturated rings. The van der Waals surface area contributed by atoms with Crippen LogP contribution in [0, 0.1) is 6.92 Å². The lowest BCUT2D eigenvalue weighted by atomic mass is 10.1. The fourth-order valence-corrected chi connectivity index (χ4v) is 3.83. The van der Waals surface area contributed by atoms with E-state index in [1.165, 1.54) is 11.3 Å². The number of rotatable bonds is 5. The molecule has 1 aromatic heterocycles. The maximum absolute atomic E-state index is 12.3. The van der Waals surface area contributed by atoms with Gasteiger partial charge in [0.1, 0.15) is 0 Å². The summed E-state index contributed by atoms with van der Waals surface area (Å²) in [5, 5.41) is 6.14. The number of amides is 2. The predicted octanol–water partition coefficient (Wildman–Crippen LogP) is 3.02. The Labute approximate surface area is 156 Å². The van der Waals surface area contributed by atoms with Gasteiger partial charge >= 0.3 is 6.09 Å². The first-order valence-electron chi connectivity index (χ1n) is 8.55. The minimum Gasteiger partial charge on any atom is -0.450 e. The van der Waals surface area contributed by atoms with E-state index in [0.717, 1.165) is 34.8 Å². The number of nitrogens with zero attached hydrogens (tertiary/aromatic N) is 2. The van der Waals surface area contributed by atoms with Crippen LogP contribution in [0.5, 0.6) is 0 Å². The second-order valence-electron chi connectivity index (χ2n) is 6.06. The molecule has 0 saturated heterocycles. The Balaban J connectivity index is 1.56. The molecule has 0 radical (unpaired) electrons. The first-order chi connectivity index (χ1) is 12.5. The third-order valence-electron chi connectivity index (χ3n) is 4.08. The summed E-state index contributed by atoms with van der Waals surface area (Å²) in [6.45, 7) is 5.78. The van der Waals surface area contributed by atoms with Crippen molar-refractivity contribution in [1.29, 1.82) is 0 Å². The van der Waals surface area contributed by atoms with Crippen molar-refractivity contribution in [2.24, 2.45) is 0 Å². The van der Waals surface area contributed by atoms with Gasteiger partial charge in [0.2, 0.25) is 5.91 Å².